The van der Waals surface area contributed by atoms with Gasteiger partial charge in [0.05, 0.1) is 26.8 Å². The Morgan fingerprint density at radius 3 is 2.52 bits per heavy atom. The molecule has 7 heteroatoms. The van der Waals surface area contributed by atoms with E-state index in [9.17, 15) is 9.18 Å². The number of rotatable bonds is 8. The monoisotopic (exact) mass is 430 g/mol. The Morgan fingerprint density at radius 1 is 1.19 bits per heavy atom. The van der Waals surface area contributed by atoms with Gasteiger partial charge in [0.25, 0.3) is 0 Å². The highest BCUT2D eigenvalue weighted by molar-refractivity contribution is 5.74. The van der Waals surface area contributed by atoms with Gasteiger partial charge in [-0.2, -0.15) is 0 Å². The highest BCUT2D eigenvalue weighted by atomic mass is 19.1. The lowest BCUT2D eigenvalue weighted by molar-refractivity contribution is -0.948. The smallest absolute Gasteiger partial charge is 0.315 e. The van der Waals surface area contributed by atoms with Crippen molar-refractivity contribution in [3.8, 4) is 11.5 Å². The van der Waals surface area contributed by atoms with Crippen LogP contribution in [0.1, 0.15) is 43.0 Å². The van der Waals surface area contributed by atoms with Crippen molar-refractivity contribution < 1.29 is 23.6 Å². The van der Waals surface area contributed by atoms with Crippen molar-refractivity contribution in [3.05, 3.63) is 58.9 Å². The standard InChI is InChI=1S/C24H32FN3O3/c1-5-11-26-24(29)27-16(2)23-20-14-22(31-4)21(30-3)13-18(20)10-12-28(23)15-17-6-8-19(25)9-7-17/h6-9,13-14,16,23H,5,10-12,15H2,1-4H3,(H2,26,27,29)/p+1/t16-,23+/m0/s1. The maximum Gasteiger partial charge on any atom is 0.315 e. The summed E-state index contributed by atoms with van der Waals surface area (Å²) >= 11 is 0. The number of benzene rings is 2. The number of amides is 2. The second-order valence-corrected chi connectivity index (χ2v) is 8.03. The highest BCUT2D eigenvalue weighted by Crippen LogP contribution is 2.35. The van der Waals surface area contributed by atoms with Gasteiger partial charge in [-0.25, -0.2) is 9.18 Å². The summed E-state index contributed by atoms with van der Waals surface area (Å²) in [6.45, 7) is 6.33. The summed E-state index contributed by atoms with van der Waals surface area (Å²) in [6, 6.07) is 10.5. The summed E-state index contributed by atoms with van der Waals surface area (Å²) in [5.41, 5.74) is 3.41. The highest BCUT2D eigenvalue weighted by Gasteiger charge is 2.37. The predicted octanol–water partition coefficient (Wildman–Crippen LogP) is 2.62. The number of urea groups is 1. The van der Waals surface area contributed by atoms with Crippen molar-refractivity contribution in [2.45, 2.75) is 45.3 Å². The van der Waals surface area contributed by atoms with E-state index in [0.29, 0.717) is 18.0 Å². The molecule has 2 aromatic carbocycles. The quantitative estimate of drug-likeness (QED) is 0.603. The first-order valence-corrected chi connectivity index (χ1v) is 10.8. The molecule has 0 aliphatic carbocycles. The lowest BCUT2D eigenvalue weighted by Crippen LogP contribution is -3.13. The predicted molar refractivity (Wildman–Crippen MR) is 118 cm³/mol. The minimum atomic E-state index is -0.237. The van der Waals surface area contributed by atoms with Gasteiger partial charge >= 0.3 is 6.03 Å². The molecule has 0 aromatic heterocycles. The number of ether oxygens (including phenoxy) is 2. The van der Waals surface area contributed by atoms with Crippen LogP contribution in [-0.4, -0.2) is 39.4 Å². The molecule has 3 rings (SSSR count). The van der Waals surface area contributed by atoms with E-state index >= 15 is 0 Å². The topological polar surface area (TPSA) is 64.0 Å². The van der Waals surface area contributed by atoms with E-state index in [0.717, 1.165) is 37.1 Å². The Morgan fingerprint density at radius 2 is 1.87 bits per heavy atom. The molecule has 31 heavy (non-hydrogen) atoms. The number of quaternary nitrogens is 1. The molecular weight excluding hydrogens is 397 g/mol. The first-order chi connectivity index (χ1) is 15.0. The van der Waals surface area contributed by atoms with Crippen molar-refractivity contribution in [3.63, 3.8) is 0 Å². The lowest BCUT2D eigenvalue weighted by atomic mass is 9.87. The van der Waals surface area contributed by atoms with Crippen LogP contribution in [0.3, 0.4) is 0 Å². The van der Waals surface area contributed by atoms with Crippen LogP contribution in [0.4, 0.5) is 9.18 Å². The normalized spacial score (nSPS) is 18.6. The zero-order valence-corrected chi connectivity index (χ0v) is 18.8. The van der Waals surface area contributed by atoms with E-state index in [1.165, 1.54) is 22.6 Å². The molecule has 0 spiro atoms. The van der Waals surface area contributed by atoms with Gasteiger partial charge in [0, 0.05) is 24.1 Å². The maximum absolute atomic E-state index is 13.4. The van der Waals surface area contributed by atoms with E-state index < -0.39 is 0 Å². The summed E-state index contributed by atoms with van der Waals surface area (Å²) in [5, 5.41) is 6.01. The molecule has 1 unspecified atom stereocenters. The summed E-state index contributed by atoms with van der Waals surface area (Å²) in [7, 11) is 3.27. The fourth-order valence-electron chi connectivity index (χ4n) is 4.38. The summed E-state index contributed by atoms with van der Waals surface area (Å²) in [5.74, 6) is 1.15. The van der Waals surface area contributed by atoms with Crippen LogP contribution in [0.25, 0.3) is 0 Å². The Labute approximate surface area is 183 Å². The lowest BCUT2D eigenvalue weighted by Gasteiger charge is -2.38. The fourth-order valence-corrected chi connectivity index (χ4v) is 4.38. The van der Waals surface area contributed by atoms with Gasteiger partial charge in [-0.15, -0.1) is 0 Å². The molecule has 168 valence electrons. The van der Waals surface area contributed by atoms with Crippen molar-refractivity contribution >= 4 is 6.03 Å². The zero-order valence-electron chi connectivity index (χ0n) is 18.8. The Balaban J connectivity index is 1.93. The molecule has 0 saturated carbocycles. The third-order valence-electron chi connectivity index (χ3n) is 5.87. The zero-order chi connectivity index (χ0) is 22.4. The van der Waals surface area contributed by atoms with Crippen molar-refractivity contribution in [1.29, 1.82) is 0 Å². The first kappa shape index (κ1) is 22.9. The van der Waals surface area contributed by atoms with Crippen molar-refractivity contribution in [2.24, 2.45) is 0 Å². The van der Waals surface area contributed by atoms with Crippen LogP contribution >= 0.6 is 0 Å². The average molecular weight is 431 g/mol. The number of fused-ring (bicyclic) bond motifs is 1. The van der Waals surface area contributed by atoms with Crippen LogP contribution in [0, 0.1) is 5.82 Å². The molecule has 6 nitrogen and oxygen atoms in total. The molecule has 3 N–H and O–H groups in total. The molecule has 1 aliphatic heterocycles. The summed E-state index contributed by atoms with van der Waals surface area (Å²) in [4.78, 5) is 13.7. The number of nitrogens with one attached hydrogen (secondary N) is 3. The van der Waals surface area contributed by atoms with Crippen LogP contribution in [-0.2, 0) is 13.0 Å². The molecule has 0 fully saturated rings. The van der Waals surface area contributed by atoms with E-state index in [1.54, 1.807) is 14.2 Å². The molecular formula is C24H33FN3O3+. The van der Waals surface area contributed by atoms with Crippen LogP contribution in [0.5, 0.6) is 11.5 Å². The van der Waals surface area contributed by atoms with Crippen molar-refractivity contribution in [1.82, 2.24) is 10.6 Å². The van der Waals surface area contributed by atoms with Gasteiger partial charge in [0.15, 0.2) is 11.5 Å². The van der Waals surface area contributed by atoms with Gasteiger partial charge in [0.2, 0.25) is 0 Å². The van der Waals surface area contributed by atoms with Crippen molar-refractivity contribution in [2.75, 3.05) is 27.3 Å². The molecule has 1 heterocycles. The SMILES string of the molecule is CCCNC(=O)N[C@@H](C)[C@@H]1c2cc(OC)c(OC)cc2CC[NH+]1Cc1ccc(F)cc1. The van der Waals surface area contributed by atoms with Crippen LogP contribution in [0.2, 0.25) is 0 Å². The Kier molecular flexibility index (Phi) is 7.74. The molecule has 1 aliphatic rings. The molecule has 0 saturated heterocycles. The van der Waals surface area contributed by atoms with Crippen LogP contribution < -0.4 is 25.0 Å². The second-order valence-electron chi connectivity index (χ2n) is 8.03. The minimum absolute atomic E-state index is 0.0148. The molecule has 2 aromatic rings. The van der Waals surface area contributed by atoms with E-state index in [2.05, 4.69) is 10.6 Å². The van der Waals surface area contributed by atoms with E-state index in [4.69, 9.17) is 9.47 Å². The first-order valence-electron chi connectivity index (χ1n) is 10.8. The number of carbonyl (C=O) groups is 1. The van der Waals surface area contributed by atoms with Gasteiger partial charge in [-0.3, -0.25) is 0 Å². The number of hydrogen-bond acceptors (Lipinski definition) is 3. The molecule has 3 atom stereocenters. The van der Waals surface area contributed by atoms with Gasteiger partial charge in [-0.05, 0) is 43.2 Å². The summed E-state index contributed by atoms with van der Waals surface area (Å²) < 4.78 is 24.4. The Bertz CT molecular complexity index is 888. The number of methoxy groups -OCH3 is 2. The Hall–Kier alpha value is -2.80. The summed E-state index contributed by atoms with van der Waals surface area (Å²) in [6.07, 6.45) is 1.77. The second kappa shape index (κ2) is 10.5. The minimum Gasteiger partial charge on any atom is -0.493 e. The number of hydrogen-bond donors (Lipinski definition) is 3. The fraction of sp³-hybridized carbons (Fsp3) is 0.458. The largest absolute Gasteiger partial charge is 0.493 e. The molecule has 2 amide bonds. The van der Waals surface area contributed by atoms with Crippen LogP contribution in [0.15, 0.2) is 36.4 Å². The third-order valence-corrected chi connectivity index (χ3v) is 5.87. The van der Waals surface area contributed by atoms with E-state index in [-0.39, 0.29) is 23.9 Å². The van der Waals surface area contributed by atoms with Gasteiger partial charge in [0.1, 0.15) is 18.4 Å². The molecule has 0 bridgehead atoms. The number of halogens is 1. The maximum atomic E-state index is 13.4. The molecule has 0 radical (unpaired) electrons. The number of carbonyl (C=O) groups excluding carboxylic acids is 1. The van der Waals surface area contributed by atoms with E-state index in [1.807, 2.05) is 38.1 Å². The average Bonchev–Trinajstić information content (AvgIpc) is 2.77. The van der Waals surface area contributed by atoms with Gasteiger partial charge < -0.3 is 25.0 Å². The van der Waals surface area contributed by atoms with Gasteiger partial charge in [-0.1, -0.05) is 19.1 Å². The third kappa shape index (κ3) is 5.47.